The Labute approximate surface area is 880 Å². The van der Waals surface area contributed by atoms with Crippen LogP contribution in [0.3, 0.4) is 0 Å². The van der Waals surface area contributed by atoms with Crippen molar-refractivity contribution < 1.29 is 128 Å². The molecule has 0 bridgehead atoms. The van der Waals surface area contributed by atoms with Crippen molar-refractivity contribution in [3.8, 4) is 11.4 Å². The van der Waals surface area contributed by atoms with Gasteiger partial charge in [0.15, 0.2) is 0 Å². The Morgan fingerprint density at radius 2 is 0.667 bits per heavy atom. The van der Waals surface area contributed by atoms with Gasteiger partial charge >= 0.3 is 93.1 Å². The average molecular weight is 2420 g/mol. The molecule has 129 heavy (non-hydrogen) atoms. The standard InChI is InChI=1S/2C20H16N3.C20H15N3.C17H13N4.C17H12N4.C8H11.CH3.2Ag.ClH.HI.2Ir.2K.O/c3*1-4-10-17(11-5-1)20-21-23(19-14-8-3-9-15-19)16-22(20)18-12-6-2-7-13-18;2*1-3-7-14(8-4-1)20-13-21(15-9-5-2-6-10-15)17-16(20)18-11-12-19-17;1-2-4-6-8-7-5-3-1;;;;;;;;;;/h2*1-16H;1-14,16H;1-13H;1-9,11-13H;1-2,7H,3-6H2;1H3;;;2*1H;;;;;/q2*-1;-2;+1;-2;2*-1;;;;;;;;;/p-2/b;;;;;2-1-;;;;;;;;;;. The minimum absolute atomic E-state index is 0. The van der Waals surface area contributed by atoms with Crippen LogP contribution in [0.25, 0.3) is 22.7 Å². The van der Waals surface area contributed by atoms with Crippen molar-refractivity contribution in [3.63, 3.8) is 0 Å². The summed E-state index contributed by atoms with van der Waals surface area (Å²) in [6.45, 7) is 8.02. The van der Waals surface area contributed by atoms with Gasteiger partial charge in [-0.1, -0.05) is 267 Å². The van der Waals surface area contributed by atoms with Crippen LogP contribution in [-0.4, -0.2) is 105 Å². The number of hydrazone groups is 3. The van der Waals surface area contributed by atoms with E-state index in [4.69, 9.17) is 18.6 Å². The number of halogens is 2. The molecule has 0 spiro atoms. The zero-order valence-electron chi connectivity index (χ0n) is 70.7. The maximum atomic E-state index is 8.06. The molecule has 0 amide bonds. The molecule has 0 fully saturated rings. The molecule has 26 heteroatoms. The predicted octanol–water partition coefficient (Wildman–Crippen LogP) is 15.7. The number of rotatable bonds is 13. The molecule has 18 nitrogen and oxygen atoms in total. The van der Waals surface area contributed by atoms with Gasteiger partial charge in [-0.25, -0.2) is 19.5 Å². The fourth-order valence-corrected chi connectivity index (χ4v) is 13.4. The third-order valence-electron chi connectivity index (χ3n) is 19.1. The van der Waals surface area contributed by atoms with Crippen LogP contribution in [0, 0.1) is 52.3 Å². The second kappa shape index (κ2) is 57.5. The van der Waals surface area contributed by atoms with Crippen LogP contribution in [0.15, 0.2) is 447 Å². The molecule has 16 aromatic rings. The van der Waals surface area contributed by atoms with Crippen LogP contribution in [0.2, 0.25) is 0 Å². The van der Waals surface area contributed by atoms with E-state index in [2.05, 4.69) is 202 Å². The Hall–Kier alpha value is -8.75. The maximum absolute atomic E-state index is 8.06. The van der Waals surface area contributed by atoms with Gasteiger partial charge in [-0.15, -0.1) is 43.4 Å². The van der Waals surface area contributed by atoms with E-state index in [-0.39, 0.29) is 106 Å². The molecule has 0 saturated carbocycles. The Morgan fingerprint density at radius 3 is 1.08 bits per heavy atom. The number of amidine groups is 3. The average Bonchev–Trinajstić information content (AvgIpc) is 1.61. The van der Waals surface area contributed by atoms with Crippen molar-refractivity contribution in [2.75, 3.05) is 39.5 Å². The van der Waals surface area contributed by atoms with E-state index < -0.39 is 0 Å². The number of aromatic nitrogens is 6. The third kappa shape index (κ3) is 29.1. The van der Waals surface area contributed by atoms with Gasteiger partial charge in [0.1, 0.15) is 46.7 Å². The summed E-state index contributed by atoms with van der Waals surface area (Å²) in [5.41, 5.74) is 15.3. The molecule has 3 aromatic heterocycles. The van der Waals surface area contributed by atoms with Crippen molar-refractivity contribution in [1.29, 1.82) is 0 Å². The first kappa shape index (κ1) is 106. The Bertz CT molecular complexity index is 5530. The molecule has 5 aliphatic rings. The molecular weight excluding hydrogens is 2330 g/mol. The number of hydrogen-bond donors (Lipinski definition) is 0. The van der Waals surface area contributed by atoms with Gasteiger partial charge < -0.3 is 89.4 Å². The van der Waals surface area contributed by atoms with E-state index in [1.54, 1.807) is 45.8 Å². The van der Waals surface area contributed by atoms with E-state index in [1.165, 1.54) is 82.4 Å². The molecular formula is C103H86Ag2ClIIr2K2N17O-9. The Balaban J connectivity index is 0.000000191. The molecule has 0 unspecified atom stereocenters. The molecule has 654 valence electrons. The van der Waals surface area contributed by atoms with Crippen molar-refractivity contribution in [2.45, 2.75) is 25.7 Å². The van der Waals surface area contributed by atoms with Gasteiger partial charge in [-0.3, -0.25) is 6.08 Å². The van der Waals surface area contributed by atoms with Crippen LogP contribution in [0.5, 0.6) is 0 Å². The number of hydrogen-bond acceptors (Lipinski definition) is 16. The number of benzene rings is 13. The number of nitrogens with zero attached hydrogens (tertiary/aromatic N) is 17. The van der Waals surface area contributed by atoms with E-state index in [0.717, 1.165) is 120 Å². The molecule has 3 radical (unpaired) electrons. The largest absolute Gasteiger partial charge is 0.477 e. The molecule has 0 atom stereocenters. The van der Waals surface area contributed by atoms with Crippen molar-refractivity contribution in [2.24, 2.45) is 15.3 Å². The van der Waals surface area contributed by atoms with Gasteiger partial charge in [0.2, 0.25) is 6.33 Å². The molecule has 21 rings (SSSR count). The Kier molecular flexibility index (Phi) is 47.1. The summed E-state index contributed by atoms with van der Waals surface area (Å²) in [6.07, 6.45) is 23.4. The number of anilines is 10. The zero-order chi connectivity index (χ0) is 84.3. The molecule has 1 aliphatic carbocycles. The van der Waals surface area contributed by atoms with Gasteiger partial charge in [0.25, 0.3) is 5.65 Å². The predicted molar refractivity (Wildman–Crippen MR) is 501 cm³/mol. The van der Waals surface area contributed by atoms with Crippen molar-refractivity contribution >= 4 is 149 Å². The van der Waals surface area contributed by atoms with Gasteiger partial charge in [0.05, 0.1) is 6.20 Å². The molecule has 13 aromatic carbocycles. The quantitative estimate of drug-likeness (QED) is 0.0356. The van der Waals surface area contributed by atoms with E-state index >= 15 is 0 Å². The first-order valence-electron chi connectivity index (χ1n) is 40.5. The topological polar surface area (TPSA) is 140 Å². The summed E-state index contributed by atoms with van der Waals surface area (Å²) in [5, 5.41) is 20.1. The summed E-state index contributed by atoms with van der Waals surface area (Å²) in [7, 11) is 0. The second-order valence-electron chi connectivity index (χ2n) is 27.2. The minimum atomic E-state index is 0. The third-order valence-corrected chi connectivity index (χ3v) is 19.1. The van der Waals surface area contributed by atoms with Gasteiger partial charge in [-0.2, -0.15) is 80.9 Å². The van der Waals surface area contributed by atoms with Gasteiger partial charge in [-0.05, 0) is 103 Å². The van der Waals surface area contributed by atoms with E-state index in [1.807, 2.05) is 319 Å². The number of fused-ring (bicyclic) bond motifs is 2. The second-order valence-corrected chi connectivity index (χ2v) is 27.2. The fourth-order valence-electron chi connectivity index (χ4n) is 13.4. The van der Waals surface area contributed by atoms with Crippen LogP contribution in [0.4, 0.5) is 57.1 Å². The summed E-state index contributed by atoms with van der Waals surface area (Å²) in [4.78, 5) is 28.2. The minimum Gasteiger partial charge on any atom is -0.477 e. The van der Waals surface area contributed by atoms with E-state index in [0.29, 0.717) is 0 Å². The first-order chi connectivity index (χ1) is 61.1. The summed E-state index contributed by atoms with van der Waals surface area (Å²) in [6, 6.07) is 134. The number of imidazole rings is 1. The molecule has 0 saturated heterocycles. The SMILES string of the molecule is [Ag].[C-]1=CCC/C=C\CC1.[CH3-].[Cl-].[I-].[Ir].[Ir].[K][K].[O]=[Ag].[c-]1ccccc1N1[CH-]N(c2ccccc2)C(c2ccccc2)=N1.[c-]1ccccc1N1[CH-]N(c2ccccc2)c2nccnc21.c1ccc(-n2c[n+](-c3ccccc3)c3nccnc32)cc1.c1ccc(C2=NN(c3ccccc3)[CH-]N2c2ccccc2)cc1.c1ccc(C2=NN(c3ccccc3)[CH-]N2c2ccccc2)cc1. The summed E-state index contributed by atoms with van der Waals surface area (Å²) < 4.78 is 12.2. The van der Waals surface area contributed by atoms with Crippen molar-refractivity contribution in [1.82, 2.24) is 24.5 Å². The van der Waals surface area contributed by atoms with Crippen LogP contribution >= 0.6 is 0 Å². The maximum Gasteiger partial charge on any atom is 0.327 e. The number of allylic oxidation sites excluding steroid dienone is 4. The fraction of sp³-hybridized carbons (Fsp3) is 0.0388. The van der Waals surface area contributed by atoms with Crippen LogP contribution in [-0.2, 0) is 86.9 Å². The van der Waals surface area contributed by atoms with Gasteiger partial charge in [0, 0.05) is 126 Å². The molecule has 4 aliphatic heterocycles. The summed E-state index contributed by atoms with van der Waals surface area (Å²) >= 11 is 4.20. The Morgan fingerprint density at radius 1 is 0.341 bits per heavy atom. The van der Waals surface area contributed by atoms with Crippen LogP contribution in [0.1, 0.15) is 42.4 Å². The van der Waals surface area contributed by atoms with E-state index in [9.17, 15) is 0 Å². The smallest absolute Gasteiger partial charge is 0.327 e. The monoisotopic (exact) mass is 2420 g/mol. The first-order valence-corrected chi connectivity index (χ1v) is 57.1. The van der Waals surface area contributed by atoms with Crippen LogP contribution < -0.4 is 80.5 Å². The zero-order valence-corrected chi connectivity index (χ0v) is 87.6. The molecule has 0 N–H and O–H groups in total. The number of para-hydroxylation sites is 10. The van der Waals surface area contributed by atoms with Crippen molar-refractivity contribution in [3.05, 3.63) is 501 Å². The normalized spacial score (nSPS) is 13.0. The molecule has 7 heterocycles. The summed E-state index contributed by atoms with van der Waals surface area (Å²) in [5.74, 6) is 4.36.